The smallest absolute Gasteiger partial charge is 0.175 e. The van der Waals surface area contributed by atoms with Crippen LogP contribution in [0.4, 0.5) is 0 Å². The van der Waals surface area contributed by atoms with E-state index in [0.29, 0.717) is 5.75 Å². The fourth-order valence-electron chi connectivity index (χ4n) is 2.09. The molecule has 0 amide bonds. The Balaban J connectivity index is 2.52. The Morgan fingerprint density at radius 2 is 1.86 bits per heavy atom. The van der Waals surface area contributed by atoms with E-state index in [9.17, 15) is 8.42 Å². The lowest BCUT2D eigenvalue weighted by molar-refractivity contribution is 0.411. The minimum absolute atomic E-state index is 0.239. The zero-order valence-corrected chi connectivity index (χ0v) is 12.6. The maximum Gasteiger partial charge on any atom is 0.175 e. The van der Waals surface area contributed by atoms with Gasteiger partial charge >= 0.3 is 0 Å². The van der Waals surface area contributed by atoms with Gasteiger partial charge in [0.1, 0.15) is 5.75 Å². The fourth-order valence-corrected chi connectivity index (χ4v) is 2.75. The Kier molecular flexibility index (Phi) is 4.29. The minimum atomic E-state index is -3.24. The first-order chi connectivity index (χ1) is 9.95. The summed E-state index contributed by atoms with van der Waals surface area (Å²) in [6.45, 7) is 0. The van der Waals surface area contributed by atoms with Gasteiger partial charge in [-0.25, -0.2) is 8.42 Å². The van der Waals surface area contributed by atoms with Gasteiger partial charge in [-0.05, 0) is 35.4 Å². The van der Waals surface area contributed by atoms with Crippen LogP contribution in [0.15, 0.2) is 47.4 Å². The highest BCUT2D eigenvalue weighted by Crippen LogP contribution is 2.28. The average Bonchev–Trinajstić information content (AvgIpc) is 2.47. The van der Waals surface area contributed by atoms with Crippen molar-refractivity contribution in [3.8, 4) is 22.9 Å². The van der Waals surface area contributed by atoms with E-state index < -0.39 is 9.84 Å². The topological polar surface area (TPSA) is 67.2 Å². The first-order valence-corrected chi connectivity index (χ1v) is 8.19. The van der Waals surface area contributed by atoms with Crippen molar-refractivity contribution in [3.63, 3.8) is 0 Å². The molecule has 0 aliphatic carbocycles. The Morgan fingerprint density at radius 1 is 1.14 bits per heavy atom. The number of ether oxygens (including phenoxy) is 1. The summed E-state index contributed by atoms with van der Waals surface area (Å²) in [5, 5.41) is 8.87. The van der Waals surface area contributed by atoms with Gasteiger partial charge in [-0.2, -0.15) is 5.26 Å². The van der Waals surface area contributed by atoms with Crippen molar-refractivity contribution in [1.29, 1.82) is 5.26 Å². The Morgan fingerprint density at radius 3 is 2.48 bits per heavy atom. The summed E-state index contributed by atoms with van der Waals surface area (Å²) < 4.78 is 28.5. The van der Waals surface area contributed by atoms with Gasteiger partial charge in [0.15, 0.2) is 9.84 Å². The highest BCUT2D eigenvalue weighted by molar-refractivity contribution is 7.90. The van der Waals surface area contributed by atoms with Crippen LogP contribution in [-0.4, -0.2) is 21.8 Å². The Bertz CT molecular complexity index is 805. The van der Waals surface area contributed by atoms with Crippen LogP contribution in [0.3, 0.4) is 0 Å². The maximum absolute atomic E-state index is 11.6. The second-order valence-corrected chi connectivity index (χ2v) is 6.68. The summed E-state index contributed by atoms with van der Waals surface area (Å²) >= 11 is 0. The second-order valence-electron chi connectivity index (χ2n) is 4.66. The molecular formula is C16H15NO3S. The van der Waals surface area contributed by atoms with Crippen LogP contribution in [0.2, 0.25) is 0 Å². The van der Waals surface area contributed by atoms with E-state index in [2.05, 4.69) is 6.07 Å². The molecule has 5 heteroatoms. The lowest BCUT2D eigenvalue weighted by atomic mass is 10.0. The van der Waals surface area contributed by atoms with Gasteiger partial charge in [-0.1, -0.05) is 18.2 Å². The standard InChI is InChI=1S/C16H15NO3S/c1-20-16-7-6-13(10-14(16)8-9-17)12-4-3-5-15(11-12)21(2,18)19/h3-7,10-11H,8H2,1-2H3. The average molecular weight is 301 g/mol. The molecule has 0 radical (unpaired) electrons. The van der Waals surface area contributed by atoms with Gasteiger partial charge in [0.25, 0.3) is 0 Å². The molecule has 2 rings (SSSR count). The van der Waals surface area contributed by atoms with Gasteiger partial charge < -0.3 is 4.74 Å². The number of methoxy groups -OCH3 is 1. The second kappa shape index (κ2) is 5.98. The van der Waals surface area contributed by atoms with Gasteiger partial charge in [0, 0.05) is 11.8 Å². The van der Waals surface area contributed by atoms with Crippen molar-refractivity contribution in [1.82, 2.24) is 0 Å². The predicted octanol–water partition coefficient (Wildman–Crippen LogP) is 2.83. The molecule has 0 fully saturated rings. The number of nitriles is 1. The third-order valence-electron chi connectivity index (χ3n) is 3.15. The van der Waals surface area contributed by atoms with E-state index in [1.54, 1.807) is 31.4 Å². The molecule has 21 heavy (non-hydrogen) atoms. The minimum Gasteiger partial charge on any atom is -0.496 e. The lowest BCUT2D eigenvalue weighted by Crippen LogP contribution is -1.97. The summed E-state index contributed by atoms with van der Waals surface area (Å²) in [4.78, 5) is 0.276. The number of benzene rings is 2. The van der Waals surface area contributed by atoms with Gasteiger partial charge in [-0.3, -0.25) is 0 Å². The summed E-state index contributed by atoms with van der Waals surface area (Å²) in [7, 11) is -1.69. The zero-order chi connectivity index (χ0) is 15.5. The van der Waals surface area contributed by atoms with Crippen molar-refractivity contribution in [2.75, 3.05) is 13.4 Å². The van der Waals surface area contributed by atoms with Crippen LogP contribution in [0.5, 0.6) is 5.75 Å². The molecular weight excluding hydrogens is 286 g/mol. The van der Waals surface area contributed by atoms with E-state index in [1.807, 2.05) is 18.2 Å². The summed E-state index contributed by atoms with van der Waals surface area (Å²) in [6, 6.07) is 14.3. The molecule has 0 spiro atoms. The van der Waals surface area contributed by atoms with E-state index in [4.69, 9.17) is 10.00 Å². The Hall–Kier alpha value is -2.32. The van der Waals surface area contributed by atoms with Crippen LogP contribution in [0.1, 0.15) is 5.56 Å². The maximum atomic E-state index is 11.6. The summed E-state index contributed by atoms with van der Waals surface area (Å²) in [6.07, 6.45) is 1.42. The molecule has 0 aromatic heterocycles. The highest BCUT2D eigenvalue weighted by Gasteiger charge is 2.10. The largest absolute Gasteiger partial charge is 0.496 e. The van der Waals surface area contributed by atoms with Crippen molar-refractivity contribution in [3.05, 3.63) is 48.0 Å². The third-order valence-corrected chi connectivity index (χ3v) is 4.26. The van der Waals surface area contributed by atoms with Crippen LogP contribution in [0.25, 0.3) is 11.1 Å². The molecule has 0 atom stereocenters. The normalized spacial score (nSPS) is 10.9. The number of nitrogens with zero attached hydrogens (tertiary/aromatic N) is 1. The van der Waals surface area contributed by atoms with Crippen molar-refractivity contribution in [2.45, 2.75) is 11.3 Å². The van der Waals surface area contributed by atoms with Crippen molar-refractivity contribution >= 4 is 9.84 Å². The van der Waals surface area contributed by atoms with Crippen LogP contribution in [-0.2, 0) is 16.3 Å². The monoisotopic (exact) mass is 301 g/mol. The first kappa shape index (κ1) is 15.1. The molecule has 0 aliphatic rings. The van der Waals surface area contributed by atoms with Crippen molar-refractivity contribution < 1.29 is 13.2 Å². The number of sulfone groups is 1. The molecule has 0 heterocycles. The summed E-state index contributed by atoms with van der Waals surface area (Å²) in [5.41, 5.74) is 2.42. The van der Waals surface area contributed by atoms with Crippen LogP contribution in [0, 0.1) is 11.3 Å². The van der Waals surface area contributed by atoms with E-state index in [1.165, 1.54) is 6.26 Å². The molecule has 2 aromatic carbocycles. The third kappa shape index (κ3) is 3.41. The lowest BCUT2D eigenvalue weighted by Gasteiger charge is -2.09. The molecule has 108 valence electrons. The molecule has 0 saturated heterocycles. The van der Waals surface area contributed by atoms with E-state index in [-0.39, 0.29) is 11.3 Å². The number of rotatable bonds is 4. The SMILES string of the molecule is COc1ccc(-c2cccc(S(C)(=O)=O)c2)cc1CC#N. The van der Waals surface area contributed by atoms with E-state index >= 15 is 0 Å². The first-order valence-electron chi connectivity index (χ1n) is 6.30. The molecule has 0 unspecified atom stereocenters. The highest BCUT2D eigenvalue weighted by atomic mass is 32.2. The number of hydrogen-bond donors (Lipinski definition) is 0. The van der Waals surface area contributed by atoms with E-state index in [0.717, 1.165) is 16.7 Å². The van der Waals surface area contributed by atoms with Gasteiger partial charge in [-0.15, -0.1) is 0 Å². The molecule has 4 nitrogen and oxygen atoms in total. The quantitative estimate of drug-likeness (QED) is 0.871. The zero-order valence-electron chi connectivity index (χ0n) is 11.8. The van der Waals surface area contributed by atoms with Gasteiger partial charge in [0.2, 0.25) is 0 Å². The van der Waals surface area contributed by atoms with Crippen LogP contribution < -0.4 is 4.74 Å². The number of hydrogen-bond acceptors (Lipinski definition) is 4. The molecule has 0 aliphatic heterocycles. The molecule has 0 N–H and O–H groups in total. The summed E-state index contributed by atoms with van der Waals surface area (Å²) in [5.74, 6) is 0.652. The van der Waals surface area contributed by atoms with Crippen LogP contribution >= 0.6 is 0 Å². The molecule has 0 bridgehead atoms. The predicted molar refractivity (Wildman–Crippen MR) is 80.9 cm³/mol. The fraction of sp³-hybridized carbons (Fsp3) is 0.188. The van der Waals surface area contributed by atoms with Gasteiger partial charge in [0.05, 0.1) is 24.5 Å². The Labute approximate surface area is 124 Å². The van der Waals surface area contributed by atoms with Crippen molar-refractivity contribution in [2.24, 2.45) is 0 Å². The molecule has 2 aromatic rings. The molecule has 0 saturated carbocycles.